The smallest absolute Gasteiger partial charge is 0.319 e. The van der Waals surface area contributed by atoms with Crippen LogP contribution < -0.4 is 10.6 Å². The first-order valence-electron chi connectivity index (χ1n) is 7.81. The zero-order chi connectivity index (χ0) is 15.4. The lowest BCUT2D eigenvalue weighted by molar-refractivity contribution is 0.148. The number of carbonyl (C=O) groups excluding carboxylic acids is 1. The molecule has 0 spiro atoms. The fourth-order valence-corrected chi connectivity index (χ4v) is 3.91. The second kappa shape index (κ2) is 7.64. The van der Waals surface area contributed by atoms with Gasteiger partial charge in [-0.2, -0.15) is 0 Å². The molecule has 2 aliphatic heterocycles. The van der Waals surface area contributed by atoms with Gasteiger partial charge in [0, 0.05) is 32.3 Å². The number of rotatable bonds is 4. The van der Waals surface area contributed by atoms with Crippen molar-refractivity contribution in [2.45, 2.75) is 25.3 Å². The van der Waals surface area contributed by atoms with Crippen LogP contribution >= 0.6 is 22.9 Å². The third-order valence-corrected chi connectivity index (χ3v) is 5.50. The van der Waals surface area contributed by atoms with Gasteiger partial charge in [-0.15, -0.1) is 11.3 Å². The topological polar surface area (TPSA) is 53.6 Å². The Labute approximate surface area is 140 Å². The minimum absolute atomic E-state index is 0.164. The second-order valence-corrected chi connectivity index (χ2v) is 7.53. The van der Waals surface area contributed by atoms with Crippen LogP contribution in [0, 0.1) is 5.92 Å². The van der Waals surface area contributed by atoms with E-state index in [1.807, 2.05) is 11.4 Å². The average molecular weight is 344 g/mol. The van der Waals surface area contributed by atoms with Gasteiger partial charge in [0.25, 0.3) is 0 Å². The summed E-state index contributed by atoms with van der Waals surface area (Å²) in [7, 11) is 0. The molecule has 2 amide bonds. The van der Waals surface area contributed by atoms with Crippen molar-refractivity contribution in [1.82, 2.24) is 10.2 Å². The average Bonchev–Trinajstić information content (AvgIpc) is 3.14. The first-order valence-corrected chi connectivity index (χ1v) is 9.07. The molecule has 122 valence electrons. The molecular weight excluding hydrogens is 322 g/mol. The van der Waals surface area contributed by atoms with Crippen LogP contribution in [0.1, 0.15) is 19.3 Å². The van der Waals surface area contributed by atoms with E-state index in [0.717, 1.165) is 45.7 Å². The molecule has 2 saturated heterocycles. The number of amides is 2. The fourth-order valence-electron chi connectivity index (χ4n) is 3.08. The van der Waals surface area contributed by atoms with Crippen molar-refractivity contribution in [3.8, 4) is 0 Å². The maximum absolute atomic E-state index is 12.0. The number of urea groups is 1. The van der Waals surface area contributed by atoms with E-state index in [2.05, 4.69) is 15.5 Å². The number of likely N-dealkylation sites (tertiary alicyclic amines) is 1. The number of carbonyl (C=O) groups is 1. The van der Waals surface area contributed by atoms with Crippen molar-refractivity contribution in [3.05, 3.63) is 15.8 Å². The van der Waals surface area contributed by atoms with Crippen LogP contribution in [0.25, 0.3) is 0 Å². The predicted octanol–water partition coefficient (Wildman–Crippen LogP) is 3.02. The zero-order valence-electron chi connectivity index (χ0n) is 12.5. The van der Waals surface area contributed by atoms with E-state index in [4.69, 9.17) is 16.3 Å². The van der Waals surface area contributed by atoms with Crippen LogP contribution in [0.5, 0.6) is 0 Å². The largest absolute Gasteiger partial charge is 0.381 e. The number of anilines is 1. The van der Waals surface area contributed by atoms with Crippen LogP contribution in [-0.2, 0) is 4.74 Å². The molecule has 1 aromatic rings. The summed E-state index contributed by atoms with van der Waals surface area (Å²) >= 11 is 7.40. The van der Waals surface area contributed by atoms with Gasteiger partial charge >= 0.3 is 6.03 Å². The number of nitrogens with zero attached hydrogens (tertiary/aromatic N) is 1. The normalized spacial score (nSPS) is 23.6. The van der Waals surface area contributed by atoms with Crippen LogP contribution in [0.15, 0.2) is 11.4 Å². The molecule has 0 unspecified atom stereocenters. The summed E-state index contributed by atoms with van der Waals surface area (Å²) in [5.74, 6) is 0.688. The second-order valence-electron chi connectivity index (χ2n) is 6.01. The number of ether oxygens (including phenoxy) is 1. The van der Waals surface area contributed by atoms with Gasteiger partial charge in [0.05, 0.1) is 12.3 Å². The first kappa shape index (κ1) is 16.1. The molecule has 0 saturated carbocycles. The number of halogens is 1. The van der Waals surface area contributed by atoms with Crippen LogP contribution in [0.4, 0.5) is 10.5 Å². The minimum Gasteiger partial charge on any atom is -0.381 e. The Kier molecular flexibility index (Phi) is 5.57. The molecule has 3 rings (SSSR count). The van der Waals surface area contributed by atoms with E-state index < -0.39 is 0 Å². The summed E-state index contributed by atoms with van der Waals surface area (Å²) < 4.78 is 6.04. The van der Waals surface area contributed by atoms with Crippen molar-refractivity contribution < 1.29 is 9.53 Å². The molecular formula is C15H22ClN3O2S. The van der Waals surface area contributed by atoms with Crippen molar-refractivity contribution in [3.63, 3.8) is 0 Å². The van der Waals surface area contributed by atoms with Crippen molar-refractivity contribution in [2.24, 2.45) is 5.92 Å². The third-order valence-electron chi connectivity index (χ3n) is 4.33. The first-order chi connectivity index (χ1) is 10.7. The van der Waals surface area contributed by atoms with E-state index in [1.165, 1.54) is 17.8 Å². The Balaban J connectivity index is 1.38. The molecule has 2 aliphatic rings. The Bertz CT molecular complexity index is 497. The van der Waals surface area contributed by atoms with Gasteiger partial charge < -0.3 is 20.3 Å². The molecule has 2 fully saturated rings. The molecule has 0 bridgehead atoms. The highest BCUT2D eigenvalue weighted by molar-refractivity contribution is 7.15. The molecule has 5 nitrogen and oxygen atoms in total. The van der Waals surface area contributed by atoms with Crippen molar-refractivity contribution in [2.75, 3.05) is 38.2 Å². The molecule has 2 N–H and O–H groups in total. The fraction of sp³-hybridized carbons (Fsp3) is 0.667. The lowest BCUT2D eigenvalue weighted by Gasteiger charge is -2.33. The maximum atomic E-state index is 12.0. The Morgan fingerprint density at radius 1 is 1.41 bits per heavy atom. The van der Waals surface area contributed by atoms with Gasteiger partial charge in [0.15, 0.2) is 0 Å². The molecule has 3 heterocycles. The van der Waals surface area contributed by atoms with Gasteiger partial charge in [-0.25, -0.2) is 4.79 Å². The molecule has 1 atom stereocenters. The van der Waals surface area contributed by atoms with E-state index in [9.17, 15) is 4.79 Å². The summed E-state index contributed by atoms with van der Waals surface area (Å²) in [6.45, 7) is 5.03. The quantitative estimate of drug-likeness (QED) is 0.883. The highest BCUT2D eigenvalue weighted by Crippen LogP contribution is 2.27. The summed E-state index contributed by atoms with van der Waals surface area (Å²) in [5.41, 5.74) is 0.683. The summed E-state index contributed by atoms with van der Waals surface area (Å²) in [6, 6.07) is 1.90. The molecule has 0 aromatic carbocycles. The monoisotopic (exact) mass is 343 g/mol. The molecule has 22 heavy (non-hydrogen) atoms. The zero-order valence-corrected chi connectivity index (χ0v) is 14.1. The van der Waals surface area contributed by atoms with E-state index in [1.54, 1.807) is 0 Å². The SMILES string of the molecule is O=C(Nc1ccsc1Cl)NC1CCN(C[C@H]2CCOC2)CC1. The summed E-state index contributed by atoms with van der Waals surface area (Å²) in [4.78, 5) is 14.5. The minimum atomic E-state index is -0.164. The number of hydrogen-bond donors (Lipinski definition) is 2. The Morgan fingerprint density at radius 2 is 2.23 bits per heavy atom. The number of piperidine rings is 1. The Hall–Kier alpha value is -0.820. The van der Waals surface area contributed by atoms with Gasteiger partial charge in [-0.3, -0.25) is 0 Å². The number of thiophene rings is 1. The van der Waals surface area contributed by atoms with Gasteiger partial charge in [-0.1, -0.05) is 11.6 Å². The predicted molar refractivity (Wildman–Crippen MR) is 89.9 cm³/mol. The molecule has 7 heteroatoms. The lowest BCUT2D eigenvalue weighted by atomic mass is 10.0. The number of nitrogens with one attached hydrogen (secondary N) is 2. The summed E-state index contributed by atoms with van der Waals surface area (Å²) in [5, 5.41) is 7.71. The highest BCUT2D eigenvalue weighted by atomic mass is 35.5. The van der Waals surface area contributed by atoms with Crippen molar-refractivity contribution in [1.29, 1.82) is 0 Å². The highest BCUT2D eigenvalue weighted by Gasteiger charge is 2.24. The van der Waals surface area contributed by atoms with Gasteiger partial charge in [0.1, 0.15) is 4.34 Å². The van der Waals surface area contributed by atoms with Crippen molar-refractivity contribution >= 4 is 34.7 Å². The van der Waals surface area contributed by atoms with Crippen LogP contribution in [0.3, 0.4) is 0 Å². The maximum Gasteiger partial charge on any atom is 0.319 e. The van der Waals surface area contributed by atoms with Crippen LogP contribution in [-0.4, -0.2) is 49.8 Å². The summed E-state index contributed by atoms with van der Waals surface area (Å²) in [6.07, 6.45) is 3.18. The molecule has 0 radical (unpaired) electrons. The molecule has 1 aromatic heterocycles. The lowest BCUT2D eigenvalue weighted by Crippen LogP contribution is -2.46. The van der Waals surface area contributed by atoms with E-state index in [0.29, 0.717) is 15.9 Å². The van der Waals surface area contributed by atoms with Gasteiger partial charge in [-0.05, 0) is 36.6 Å². The molecule has 0 aliphatic carbocycles. The van der Waals surface area contributed by atoms with E-state index >= 15 is 0 Å². The van der Waals surface area contributed by atoms with E-state index in [-0.39, 0.29) is 12.1 Å². The third kappa shape index (κ3) is 4.35. The van der Waals surface area contributed by atoms with Gasteiger partial charge in [0.2, 0.25) is 0 Å². The number of hydrogen-bond acceptors (Lipinski definition) is 4. The standard InChI is InChI=1S/C15H22ClN3O2S/c16-14-13(4-8-22-14)18-15(20)17-12-1-5-19(6-2-12)9-11-3-7-21-10-11/h4,8,11-12H,1-3,5-7,9-10H2,(H2,17,18,20)/t11-/m1/s1. The Morgan fingerprint density at radius 3 is 2.86 bits per heavy atom. The van der Waals surface area contributed by atoms with Crippen LogP contribution in [0.2, 0.25) is 4.34 Å².